The lowest BCUT2D eigenvalue weighted by molar-refractivity contribution is -0.135. The van der Waals surface area contributed by atoms with Crippen LogP contribution in [0.4, 0.5) is 5.69 Å². The number of carboxylic acid groups (broad SMARTS) is 1. The molecule has 4 rings (SSSR count). The van der Waals surface area contributed by atoms with Gasteiger partial charge in [-0.25, -0.2) is 4.79 Å². The van der Waals surface area contributed by atoms with E-state index in [2.05, 4.69) is 0 Å². The topological polar surface area (TPSA) is 83.6 Å². The Bertz CT molecular complexity index is 929. The summed E-state index contributed by atoms with van der Waals surface area (Å²) in [7, 11) is 0. The van der Waals surface area contributed by atoms with E-state index in [0.29, 0.717) is 11.6 Å². The van der Waals surface area contributed by atoms with Gasteiger partial charge in [-0.2, -0.15) is 0 Å². The fraction of sp³-hybridized carbons (Fsp3) is 0.238. The number of nitrogens with two attached hydrogens (primary N) is 1. The van der Waals surface area contributed by atoms with E-state index in [-0.39, 0.29) is 17.9 Å². The van der Waals surface area contributed by atoms with Gasteiger partial charge in [-0.3, -0.25) is 9.69 Å². The maximum atomic E-state index is 12.7. The number of anilines is 1. The molecule has 0 spiro atoms. The zero-order valence-electron chi connectivity index (χ0n) is 14.5. The Morgan fingerprint density at radius 1 is 1.23 bits per heavy atom. The third kappa shape index (κ3) is 2.75. The fourth-order valence-electron chi connectivity index (χ4n) is 3.59. The number of hydrogen-bond donors (Lipinski definition) is 2. The second-order valence-corrected chi connectivity index (χ2v) is 6.97. The molecule has 5 heteroatoms. The van der Waals surface area contributed by atoms with Crippen molar-refractivity contribution < 1.29 is 14.7 Å². The lowest BCUT2D eigenvalue weighted by Gasteiger charge is -2.29. The van der Waals surface area contributed by atoms with Gasteiger partial charge in [0.1, 0.15) is 0 Å². The molecule has 0 saturated heterocycles. The molecule has 2 heterocycles. The molecule has 0 radical (unpaired) electrons. The summed E-state index contributed by atoms with van der Waals surface area (Å²) in [6, 6.07) is 7.63. The highest BCUT2D eigenvalue weighted by Gasteiger charge is 2.36. The second-order valence-electron chi connectivity index (χ2n) is 6.97. The van der Waals surface area contributed by atoms with Gasteiger partial charge in [0.25, 0.3) is 0 Å². The summed E-state index contributed by atoms with van der Waals surface area (Å²) >= 11 is 0. The average molecular weight is 348 g/mol. The average Bonchev–Trinajstić information content (AvgIpc) is 3.44. The van der Waals surface area contributed by atoms with Crippen LogP contribution in [0.2, 0.25) is 0 Å². The number of hydrogen-bond acceptors (Lipinski definition) is 3. The minimum absolute atomic E-state index is 0.0934. The van der Waals surface area contributed by atoms with Gasteiger partial charge in [0.05, 0.1) is 12.1 Å². The number of fused-ring (bicyclic) bond motifs is 1. The molecule has 0 aromatic heterocycles. The van der Waals surface area contributed by atoms with Gasteiger partial charge in [-0.15, -0.1) is 0 Å². The molecular formula is C21H20N2O3. The molecule has 1 saturated carbocycles. The maximum Gasteiger partial charge on any atom is 0.332 e. The van der Waals surface area contributed by atoms with Crippen LogP contribution in [0, 0.1) is 5.92 Å². The van der Waals surface area contributed by atoms with E-state index >= 15 is 0 Å². The number of aliphatic carboxylic acids is 1. The Morgan fingerprint density at radius 2 is 1.92 bits per heavy atom. The molecule has 1 aliphatic carbocycles. The third-order valence-corrected chi connectivity index (χ3v) is 5.12. The van der Waals surface area contributed by atoms with Crippen molar-refractivity contribution >= 4 is 23.1 Å². The Morgan fingerprint density at radius 3 is 2.54 bits per heavy atom. The van der Waals surface area contributed by atoms with Crippen molar-refractivity contribution in [1.29, 1.82) is 0 Å². The van der Waals surface area contributed by atoms with Gasteiger partial charge >= 0.3 is 5.97 Å². The number of carbonyl (C=O) groups excluding carboxylic acids is 1. The number of carboxylic acids is 1. The summed E-state index contributed by atoms with van der Waals surface area (Å²) in [5.74, 6) is -0.917. The first-order valence-corrected chi connectivity index (χ1v) is 8.71. The number of benzene rings is 1. The molecule has 0 bridgehead atoms. The fourth-order valence-corrected chi connectivity index (χ4v) is 3.59. The molecule has 132 valence electrons. The molecule has 3 aliphatic rings. The first kappa shape index (κ1) is 16.4. The Hall–Kier alpha value is -3.08. The maximum absolute atomic E-state index is 12.7. The van der Waals surface area contributed by atoms with E-state index in [1.165, 1.54) is 0 Å². The minimum atomic E-state index is -1.03. The first-order chi connectivity index (χ1) is 12.5. The minimum Gasteiger partial charge on any atom is -0.478 e. The van der Waals surface area contributed by atoms with E-state index in [0.717, 1.165) is 40.8 Å². The Labute approximate surface area is 151 Å². The van der Waals surface area contributed by atoms with Crippen LogP contribution < -0.4 is 5.73 Å². The number of allylic oxidation sites excluding steroid dienone is 5. The normalized spacial score (nSPS) is 20.1. The molecule has 0 atom stereocenters. The lowest BCUT2D eigenvalue weighted by Crippen LogP contribution is -2.28. The van der Waals surface area contributed by atoms with Gasteiger partial charge in [-0.1, -0.05) is 12.1 Å². The Balaban J connectivity index is 1.90. The molecule has 1 amide bonds. The van der Waals surface area contributed by atoms with E-state index in [1.807, 2.05) is 37.3 Å². The van der Waals surface area contributed by atoms with Crippen molar-refractivity contribution in [3.05, 3.63) is 70.6 Å². The van der Waals surface area contributed by atoms with Gasteiger partial charge in [0.15, 0.2) is 0 Å². The highest BCUT2D eigenvalue weighted by Crippen LogP contribution is 2.45. The number of carbonyl (C=O) groups is 2. The number of rotatable bonds is 3. The van der Waals surface area contributed by atoms with Crippen LogP contribution >= 0.6 is 0 Å². The highest BCUT2D eigenvalue weighted by molar-refractivity contribution is 5.98. The van der Waals surface area contributed by atoms with Crippen LogP contribution in [0.15, 0.2) is 65.0 Å². The summed E-state index contributed by atoms with van der Waals surface area (Å²) in [5.41, 5.74) is 11.5. The van der Waals surface area contributed by atoms with Crippen molar-refractivity contribution in [2.45, 2.75) is 26.2 Å². The quantitative estimate of drug-likeness (QED) is 0.819. The summed E-state index contributed by atoms with van der Waals surface area (Å²) < 4.78 is 0. The molecule has 1 fully saturated rings. The van der Waals surface area contributed by atoms with Crippen LogP contribution in [0.3, 0.4) is 0 Å². The summed E-state index contributed by atoms with van der Waals surface area (Å²) in [4.78, 5) is 25.8. The van der Waals surface area contributed by atoms with Crippen molar-refractivity contribution in [2.24, 2.45) is 5.92 Å². The van der Waals surface area contributed by atoms with Crippen LogP contribution in [0.25, 0.3) is 5.57 Å². The molecule has 1 aromatic rings. The van der Waals surface area contributed by atoms with Crippen LogP contribution in [0.5, 0.6) is 0 Å². The summed E-state index contributed by atoms with van der Waals surface area (Å²) in [6.45, 7) is 1.99. The molecule has 5 nitrogen and oxygen atoms in total. The van der Waals surface area contributed by atoms with E-state index < -0.39 is 5.97 Å². The standard InChI is InChI=1S/C21H20N2O3/c1-12-17(13-4-6-16(22)7-5-13)8-9-23-19(24)11-15(21(25)26)10-18(20(12)23)14-2-3-14/h4-10,14H,2-3,11,22H2,1H3,(H,25,26). The van der Waals surface area contributed by atoms with Crippen molar-refractivity contribution in [3.63, 3.8) is 0 Å². The van der Waals surface area contributed by atoms with Crippen LogP contribution in [0.1, 0.15) is 31.7 Å². The smallest absolute Gasteiger partial charge is 0.332 e. The monoisotopic (exact) mass is 348 g/mol. The first-order valence-electron chi connectivity index (χ1n) is 8.71. The third-order valence-electron chi connectivity index (χ3n) is 5.12. The Kier molecular flexibility index (Phi) is 3.80. The highest BCUT2D eigenvalue weighted by atomic mass is 16.4. The van der Waals surface area contributed by atoms with Crippen molar-refractivity contribution in [2.75, 3.05) is 5.73 Å². The van der Waals surface area contributed by atoms with Crippen molar-refractivity contribution in [1.82, 2.24) is 4.90 Å². The molecule has 26 heavy (non-hydrogen) atoms. The SMILES string of the molecule is CC1=C(c2ccc(N)cc2)C=CN2C(=O)CC(C(=O)O)=CC(C3CC3)=C12. The molecule has 3 N–H and O–H groups in total. The largest absolute Gasteiger partial charge is 0.478 e. The number of amides is 1. The van der Waals surface area contributed by atoms with Gasteiger partial charge in [0, 0.05) is 17.5 Å². The van der Waals surface area contributed by atoms with Crippen molar-refractivity contribution in [3.8, 4) is 0 Å². The molecular weight excluding hydrogens is 328 g/mol. The van der Waals surface area contributed by atoms with Crippen LogP contribution in [-0.2, 0) is 9.59 Å². The van der Waals surface area contributed by atoms with E-state index in [4.69, 9.17) is 5.73 Å². The predicted octanol–water partition coefficient (Wildman–Crippen LogP) is 3.48. The van der Waals surface area contributed by atoms with E-state index in [9.17, 15) is 14.7 Å². The zero-order valence-corrected chi connectivity index (χ0v) is 14.5. The summed E-state index contributed by atoms with van der Waals surface area (Å²) in [6.07, 6.45) is 7.35. The molecule has 2 aliphatic heterocycles. The number of nitrogen functional groups attached to an aromatic ring is 1. The van der Waals surface area contributed by atoms with E-state index in [1.54, 1.807) is 17.2 Å². The summed E-state index contributed by atoms with van der Waals surface area (Å²) in [5, 5.41) is 9.45. The van der Waals surface area contributed by atoms with Gasteiger partial charge in [-0.05, 0) is 72.3 Å². The second kappa shape index (κ2) is 6.02. The van der Waals surface area contributed by atoms with Gasteiger partial charge < -0.3 is 10.8 Å². The predicted molar refractivity (Wildman–Crippen MR) is 99.5 cm³/mol. The number of nitrogens with zero attached hydrogens (tertiary/aromatic N) is 1. The van der Waals surface area contributed by atoms with Crippen LogP contribution in [-0.4, -0.2) is 21.9 Å². The zero-order chi connectivity index (χ0) is 18.4. The lowest BCUT2D eigenvalue weighted by atomic mass is 9.92. The van der Waals surface area contributed by atoms with Gasteiger partial charge in [0.2, 0.25) is 5.91 Å². The molecule has 0 unspecified atom stereocenters. The molecule has 1 aromatic carbocycles.